The number of ether oxygens (including phenoxy) is 1. The highest BCUT2D eigenvalue weighted by Gasteiger charge is 2.20. The first kappa shape index (κ1) is 23.1. The van der Waals surface area contributed by atoms with E-state index >= 15 is 0 Å². The van der Waals surface area contributed by atoms with Crippen LogP contribution in [0.15, 0.2) is 48.5 Å². The molecule has 2 aromatic carbocycles. The third-order valence-electron chi connectivity index (χ3n) is 5.43. The number of urea groups is 1. The van der Waals surface area contributed by atoms with Crippen molar-refractivity contribution in [3.8, 4) is 5.75 Å². The van der Waals surface area contributed by atoms with Crippen LogP contribution < -0.4 is 10.1 Å². The fraction of sp³-hybridized carbons (Fsp3) is 0.435. The lowest BCUT2D eigenvalue weighted by Crippen LogP contribution is -2.51. The Morgan fingerprint density at radius 2 is 1.52 bits per heavy atom. The molecule has 0 radical (unpaired) electrons. The second-order valence-corrected chi connectivity index (χ2v) is 10.1. The smallest absolute Gasteiger partial charge is 0.317 e. The first-order chi connectivity index (χ1) is 14.8. The standard InChI is InChI=1S/C23H31N3O4S/c1-30-22-9-7-19(8-10-22)11-12-25-13-15-26(16-14-25)23(27)24-17-20-3-5-21(6-4-20)18-31(2,28)29/h3-10H,11-18H2,1-2H3,(H,24,27). The number of carbonyl (C=O) groups excluding carboxylic acids is 1. The molecule has 31 heavy (non-hydrogen) atoms. The molecule has 0 spiro atoms. The molecule has 0 aliphatic carbocycles. The summed E-state index contributed by atoms with van der Waals surface area (Å²) in [5.41, 5.74) is 2.98. The maximum Gasteiger partial charge on any atom is 0.317 e. The highest BCUT2D eigenvalue weighted by atomic mass is 32.2. The molecule has 1 aliphatic rings. The Balaban J connectivity index is 1.37. The fourth-order valence-corrected chi connectivity index (χ4v) is 4.40. The lowest BCUT2D eigenvalue weighted by Gasteiger charge is -2.34. The van der Waals surface area contributed by atoms with Crippen molar-refractivity contribution in [3.05, 3.63) is 65.2 Å². The van der Waals surface area contributed by atoms with E-state index in [9.17, 15) is 13.2 Å². The zero-order valence-corrected chi connectivity index (χ0v) is 19.0. The SMILES string of the molecule is COc1ccc(CCN2CCN(C(=O)NCc3ccc(CS(C)(=O)=O)cc3)CC2)cc1. The van der Waals surface area contributed by atoms with E-state index in [1.54, 1.807) is 19.2 Å². The summed E-state index contributed by atoms with van der Waals surface area (Å²) in [6, 6.07) is 15.4. The van der Waals surface area contributed by atoms with Crippen molar-refractivity contribution >= 4 is 15.9 Å². The number of hydrogen-bond acceptors (Lipinski definition) is 5. The number of nitrogens with zero attached hydrogens (tertiary/aromatic N) is 2. The van der Waals surface area contributed by atoms with Gasteiger partial charge < -0.3 is 15.0 Å². The van der Waals surface area contributed by atoms with Gasteiger partial charge >= 0.3 is 6.03 Å². The van der Waals surface area contributed by atoms with E-state index in [1.165, 1.54) is 11.8 Å². The van der Waals surface area contributed by atoms with E-state index < -0.39 is 9.84 Å². The number of nitrogens with one attached hydrogen (secondary N) is 1. The van der Waals surface area contributed by atoms with Gasteiger partial charge in [-0.05, 0) is 35.2 Å². The molecule has 0 saturated carbocycles. The van der Waals surface area contributed by atoms with E-state index in [1.807, 2.05) is 29.2 Å². The summed E-state index contributed by atoms with van der Waals surface area (Å²) in [5, 5.41) is 2.96. The molecular formula is C23H31N3O4S. The molecule has 0 atom stereocenters. The summed E-state index contributed by atoms with van der Waals surface area (Å²) in [7, 11) is -1.37. The van der Waals surface area contributed by atoms with Gasteiger partial charge in [-0.3, -0.25) is 4.90 Å². The van der Waals surface area contributed by atoms with Crippen LogP contribution in [0.25, 0.3) is 0 Å². The molecule has 168 valence electrons. The number of amides is 2. The van der Waals surface area contributed by atoms with Crippen LogP contribution in [-0.4, -0.2) is 70.3 Å². The summed E-state index contributed by atoms with van der Waals surface area (Å²) in [4.78, 5) is 16.7. The Bertz CT molecular complexity index is 951. The maximum atomic E-state index is 12.5. The van der Waals surface area contributed by atoms with Gasteiger partial charge in [0.05, 0.1) is 12.9 Å². The highest BCUT2D eigenvalue weighted by molar-refractivity contribution is 7.89. The molecule has 1 aliphatic heterocycles. The molecule has 8 heteroatoms. The maximum absolute atomic E-state index is 12.5. The van der Waals surface area contributed by atoms with Crippen LogP contribution in [0.5, 0.6) is 5.75 Å². The zero-order chi connectivity index (χ0) is 22.3. The van der Waals surface area contributed by atoms with Crippen molar-refractivity contribution in [2.24, 2.45) is 0 Å². The van der Waals surface area contributed by atoms with Gasteiger partial charge in [0.1, 0.15) is 5.75 Å². The summed E-state index contributed by atoms with van der Waals surface area (Å²) >= 11 is 0. The van der Waals surface area contributed by atoms with Crippen LogP contribution in [-0.2, 0) is 28.6 Å². The predicted molar refractivity (Wildman–Crippen MR) is 122 cm³/mol. The summed E-state index contributed by atoms with van der Waals surface area (Å²) in [5.74, 6) is 0.899. The predicted octanol–water partition coefficient (Wildman–Crippen LogP) is 2.31. The monoisotopic (exact) mass is 445 g/mol. The summed E-state index contributed by atoms with van der Waals surface area (Å²) in [6.45, 7) is 4.55. The number of benzene rings is 2. The molecule has 0 bridgehead atoms. The van der Waals surface area contributed by atoms with Crippen LogP contribution in [0.3, 0.4) is 0 Å². The second kappa shape index (κ2) is 10.6. The normalized spacial score (nSPS) is 15.0. The minimum atomic E-state index is -3.04. The fourth-order valence-electron chi connectivity index (χ4n) is 3.60. The van der Waals surface area contributed by atoms with Crippen molar-refractivity contribution in [1.29, 1.82) is 0 Å². The molecule has 1 heterocycles. The van der Waals surface area contributed by atoms with Crippen LogP contribution in [0, 0.1) is 0 Å². The van der Waals surface area contributed by atoms with Gasteiger partial charge in [-0.25, -0.2) is 13.2 Å². The van der Waals surface area contributed by atoms with E-state index in [0.29, 0.717) is 19.6 Å². The van der Waals surface area contributed by atoms with Crippen LogP contribution in [0.1, 0.15) is 16.7 Å². The molecule has 0 unspecified atom stereocenters. The first-order valence-corrected chi connectivity index (χ1v) is 12.5. The summed E-state index contributed by atoms with van der Waals surface area (Å²) in [6.07, 6.45) is 2.20. The van der Waals surface area contributed by atoms with Gasteiger partial charge in [-0.1, -0.05) is 36.4 Å². The van der Waals surface area contributed by atoms with Gasteiger partial charge in [-0.2, -0.15) is 0 Å². The third kappa shape index (κ3) is 7.56. The number of piperazine rings is 1. The molecule has 1 N–H and O–H groups in total. The van der Waals surface area contributed by atoms with Gasteiger partial charge in [0.2, 0.25) is 0 Å². The Kier molecular flexibility index (Phi) is 7.92. The van der Waals surface area contributed by atoms with Crippen LogP contribution >= 0.6 is 0 Å². The highest BCUT2D eigenvalue weighted by Crippen LogP contribution is 2.13. The molecule has 2 amide bonds. The number of rotatable bonds is 8. The number of carbonyl (C=O) groups is 1. The van der Waals surface area contributed by atoms with E-state index in [2.05, 4.69) is 22.3 Å². The van der Waals surface area contributed by atoms with Gasteiger partial charge in [0, 0.05) is 45.5 Å². The van der Waals surface area contributed by atoms with Crippen molar-refractivity contribution in [2.45, 2.75) is 18.7 Å². The van der Waals surface area contributed by atoms with Gasteiger partial charge in [0.25, 0.3) is 0 Å². The summed E-state index contributed by atoms with van der Waals surface area (Å²) < 4.78 is 27.9. The molecule has 0 aromatic heterocycles. The van der Waals surface area contributed by atoms with Gasteiger partial charge in [-0.15, -0.1) is 0 Å². The van der Waals surface area contributed by atoms with E-state index in [4.69, 9.17) is 4.74 Å². The number of sulfone groups is 1. The molecule has 2 aromatic rings. The average molecular weight is 446 g/mol. The van der Waals surface area contributed by atoms with Crippen molar-refractivity contribution in [3.63, 3.8) is 0 Å². The Hall–Kier alpha value is -2.58. The van der Waals surface area contributed by atoms with Crippen LogP contribution in [0.2, 0.25) is 0 Å². The van der Waals surface area contributed by atoms with Crippen molar-refractivity contribution in [2.75, 3.05) is 46.1 Å². The minimum absolute atomic E-state index is 0.0301. The van der Waals surface area contributed by atoms with Crippen LogP contribution in [0.4, 0.5) is 4.79 Å². The molecule has 1 saturated heterocycles. The lowest BCUT2D eigenvalue weighted by molar-refractivity contribution is 0.140. The van der Waals surface area contributed by atoms with E-state index in [-0.39, 0.29) is 11.8 Å². The van der Waals surface area contributed by atoms with Crippen molar-refractivity contribution in [1.82, 2.24) is 15.1 Å². The quantitative estimate of drug-likeness (QED) is 0.675. The number of methoxy groups -OCH3 is 1. The molecule has 3 rings (SSSR count). The van der Waals surface area contributed by atoms with E-state index in [0.717, 1.165) is 42.9 Å². The lowest BCUT2D eigenvalue weighted by atomic mass is 10.1. The first-order valence-electron chi connectivity index (χ1n) is 10.5. The third-order valence-corrected chi connectivity index (χ3v) is 6.29. The Labute approximate surface area is 184 Å². The average Bonchev–Trinajstić information content (AvgIpc) is 2.76. The van der Waals surface area contributed by atoms with Crippen molar-refractivity contribution < 1.29 is 17.9 Å². The van der Waals surface area contributed by atoms with Gasteiger partial charge in [0.15, 0.2) is 9.84 Å². The Morgan fingerprint density at radius 1 is 0.935 bits per heavy atom. The largest absolute Gasteiger partial charge is 0.497 e. The zero-order valence-electron chi connectivity index (χ0n) is 18.2. The minimum Gasteiger partial charge on any atom is -0.497 e. The molecule has 1 fully saturated rings. The topological polar surface area (TPSA) is 79.0 Å². The second-order valence-electron chi connectivity index (χ2n) is 7.97. The molecular weight excluding hydrogens is 414 g/mol. The molecule has 7 nitrogen and oxygen atoms in total. The Morgan fingerprint density at radius 3 is 2.10 bits per heavy atom. The number of hydrogen-bond donors (Lipinski definition) is 1.